The number of anilines is 1. The van der Waals surface area contributed by atoms with Gasteiger partial charge in [0.2, 0.25) is 11.8 Å². The highest BCUT2D eigenvalue weighted by Gasteiger charge is 2.26. The Morgan fingerprint density at radius 3 is 2.45 bits per heavy atom. The minimum Gasteiger partial charge on any atom is -0.478 e. The lowest BCUT2D eigenvalue weighted by atomic mass is 9.95. The van der Waals surface area contributed by atoms with E-state index in [-0.39, 0.29) is 29.0 Å². The molecule has 0 spiro atoms. The average molecular weight is 308 g/mol. The number of amides is 2. The maximum absolute atomic E-state index is 13.7. The fourth-order valence-electron chi connectivity index (χ4n) is 2.45. The van der Waals surface area contributed by atoms with Crippen molar-refractivity contribution < 1.29 is 23.9 Å². The SMILES string of the molecule is CC(=O)N1CCC(C(=O)Nc2cc(C(=O)O)ccc2F)CC1. The molecule has 1 heterocycles. The van der Waals surface area contributed by atoms with E-state index in [4.69, 9.17) is 5.11 Å². The fourth-order valence-corrected chi connectivity index (χ4v) is 2.45. The van der Waals surface area contributed by atoms with E-state index in [1.165, 1.54) is 6.92 Å². The highest BCUT2D eigenvalue weighted by atomic mass is 19.1. The first-order chi connectivity index (χ1) is 10.4. The van der Waals surface area contributed by atoms with Crippen LogP contribution in [0.25, 0.3) is 0 Å². The molecule has 2 amide bonds. The third-order valence-electron chi connectivity index (χ3n) is 3.78. The van der Waals surface area contributed by atoms with Crippen molar-refractivity contribution in [3.63, 3.8) is 0 Å². The van der Waals surface area contributed by atoms with E-state index >= 15 is 0 Å². The van der Waals surface area contributed by atoms with E-state index in [1.807, 2.05) is 0 Å². The first-order valence-electron chi connectivity index (χ1n) is 6.97. The zero-order valence-corrected chi connectivity index (χ0v) is 12.1. The maximum Gasteiger partial charge on any atom is 0.335 e. The Balaban J connectivity index is 2.02. The van der Waals surface area contributed by atoms with Crippen molar-refractivity contribution in [1.82, 2.24) is 4.90 Å². The van der Waals surface area contributed by atoms with Crippen LogP contribution >= 0.6 is 0 Å². The minimum atomic E-state index is -1.19. The lowest BCUT2D eigenvalue weighted by molar-refractivity contribution is -0.132. The number of halogens is 1. The zero-order chi connectivity index (χ0) is 16.3. The highest BCUT2D eigenvalue weighted by molar-refractivity contribution is 5.95. The van der Waals surface area contributed by atoms with Gasteiger partial charge in [0.15, 0.2) is 0 Å². The number of benzene rings is 1. The molecule has 6 nitrogen and oxygen atoms in total. The molecule has 0 saturated carbocycles. The summed E-state index contributed by atoms with van der Waals surface area (Å²) in [5.41, 5.74) is -0.234. The standard InChI is InChI=1S/C15H17FN2O4/c1-9(19)18-6-4-10(5-7-18)14(20)17-13-8-11(15(21)22)2-3-12(13)16/h2-3,8,10H,4-7H2,1H3,(H,17,20)(H,21,22). The Bertz CT molecular complexity index is 610. The Morgan fingerprint density at radius 2 is 1.91 bits per heavy atom. The molecule has 1 aromatic rings. The number of carbonyl (C=O) groups excluding carboxylic acids is 2. The van der Waals surface area contributed by atoms with Gasteiger partial charge in [0.25, 0.3) is 0 Å². The van der Waals surface area contributed by atoms with Gasteiger partial charge in [-0.3, -0.25) is 9.59 Å². The van der Waals surface area contributed by atoms with Gasteiger partial charge in [-0.2, -0.15) is 0 Å². The first-order valence-corrected chi connectivity index (χ1v) is 6.97. The van der Waals surface area contributed by atoms with Gasteiger partial charge in [0.05, 0.1) is 11.3 Å². The predicted molar refractivity (Wildman–Crippen MR) is 77.0 cm³/mol. The van der Waals surface area contributed by atoms with E-state index in [0.29, 0.717) is 25.9 Å². The number of carbonyl (C=O) groups is 3. The number of likely N-dealkylation sites (tertiary alicyclic amines) is 1. The third kappa shape index (κ3) is 3.60. The van der Waals surface area contributed by atoms with Crippen LogP contribution in [0.3, 0.4) is 0 Å². The summed E-state index contributed by atoms with van der Waals surface area (Å²) in [5.74, 6) is -2.57. The molecule has 0 aliphatic carbocycles. The number of carboxylic acid groups (broad SMARTS) is 1. The Morgan fingerprint density at radius 1 is 1.27 bits per heavy atom. The van der Waals surface area contributed by atoms with Crippen molar-refractivity contribution in [3.8, 4) is 0 Å². The topological polar surface area (TPSA) is 86.7 Å². The summed E-state index contributed by atoms with van der Waals surface area (Å²) >= 11 is 0. The van der Waals surface area contributed by atoms with E-state index in [0.717, 1.165) is 18.2 Å². The largest absolute Gasteiger partial charge is 0.478 e. The van der Waals surface area contributed by atoms with E-state index in [9.17, 15) is 18.8 Å². The van der Waals surface area contributed by atoms with Gasteiger partial charge in [-0.25, -0.2) is 9.18 Å². The fraction of sp³-hybridized carbons (Fsp3) is 0.400. The first kappa shape index (κ1) is 15.9. The van der Waals surface area contributed by atoms with E-state index in [1.54, 1.807) is 4.90 Å². The molecule has 22 heavy (non-hydrogen) atoms. The summed E-state index contributed by atoms with van der Waals surface area (Å²) in [6.07, 6.45) is 1.01. The average Bonchev–Trinajstić information content (AvgIpc) is 2.49. The molecule has 0 unspecified atom stereocenters. The molecular weight excluding hydrogens is 291 g/mol. The van der Waals surface area contributed by atoms with E-state index in [2.05, 4.69) is 5.32 Å². The lowest BCUT2D eigenvalue weighted by Gasteiger charge is -2.30. The van der Waals surface area contributed by atoms with Crippen molar-refractivity contribution >= 4 is 23.5 Å². The van der Waals surface area contributed by atoms with Crippen LogP contribution in [0.1, 0.15) is 30.1 Å². The Kier molecular flexibility index (Phi) is 4.75. The number of hydrogen-bond donors (Lipinski definition) is 2. The van der Waals surface area contributed by atoms with Gasteiger partial charge < -0.3 is 15.3 Å². The second-order valence-corrected chi connectivity index (χ2v) is 5.27. The second kappa shape index (κ2) is 6.55. The van der Waals surface area contributed by atoms with Gasteiger partial charge in [-0.1, -0.05) is 0 Å². The van der Waals surface area contributed by atoms with E-state index < -0.39 is 11.8 Å². The molecule has 0 atom stereocenters. The Labute approximate surface area is 126 Å². The monoisotopic (exact) mass is 308 g/mol. The second-order valence-electron chi connectivity index (χ2n) is 5.27. The van der Waals surface area contributed by atoms with Crippen LogP contribution < -0.4 is 5.32 Å². The maximum atomic E-state index is 13.7. The molecule has 7 heteroatoms. The van der Waals surface area contributed by atoms with Crippen molar-refractivity contribution in [2.75, 3.05) is 18.4 Å². The van der Waals surface area contributed by atoms with Crippen LogP contribution in [0.2, 0.25) is 0 Å². The van der Waals surface area contributed by atoms with Gasteiger partial charge in [0, 0.05) is 25.9 Å². The van der Waals surface area contributed by atoms with Gasteiger partial charge in [0.1, 0.15) is 5.82 Å². The molecule has 1 aromatic carbocycles. The van der Waals surface area contributed by atoms with Crippen LogP contribution in [0.4, 0.5) is 10.1 Å². The molecule has 1 saturated heterocycles. The smallest absolute Gasteiger partial charge is 0.335 e. The number of aromatic carboxylic acids is 1. The molecule has 1 aliphatic rings. The summed E-state index contributed by atoms with van der Waals surface area (Å²) in [7, 11) is 0. The van der Waals surface area contributed by atoms with Gasteiger partial charge >= 0.3 is 5.97 Å². The molecular formula is C15H17FN2O4. The highest BCUT2D eigenvalue weighted by Crippen LogP contribution is 2.22. The van der Waals surface area contributed by atoms with Crippen LogP contribution in [0.5, 0.6) is 0 Å². The van der Waals surface area contributed by atoms with Gasteiger partial charge in [-0.15, -0.1) is 0 Å². The van der Waals surface area contributed by atoms with Crippen molar-refractivity contribution in [2.24, 2.45) is 5.92 Å². The predicted octanol–water partition coefficient (Wildman–Crippen LogP) is 1.72. The quantitative estimate of drug-likeness (QED) is 0.890. The van der Waals surface area contributed by atoms with Crippen LogP contribution in [-0.2, 0) is 9.59 Å². The summed E-state index contributed by atoms with van der Waals surface area (Å²) < 4.78 is 13.7. The summed E-state index contributed by atoms with van der Waals surface area (Å²) in [6.45, 7) is 2.46. The molecule has 0 radical (unpaired) electrons. The molecule has 118 valence electrons. The van der Waals surface area contributed by atoms with Crippen LogP contribution in [0.15, 0.2) is 18.2 Å². The number of rotatable bonds is 3. The molecule has 0 aromatic heterocycles. The van der Waals surface area contributed by atoms with Crippen LogP contribution in [-0.4, -0.2) is 40.9 Å². The number of nitrogens with zero attached hydrogens (tertiary/aromatic N) is 1. The van der Waals surface area contributed by atoms with Crippen molar-refractivity contribution in [1.29, 1.82) is 0 Å². The van der Waals surface area contributed by atoms with Gasteiger partial charge in [-0.05, 0) is 31.0 Å². The number of carboxylic acids is 1. The van der Waals surface area contributed by atoms with Crippen molar-refractivity contribution in [2.45, 2.75) is 19.8 Å². The summed E-state index contributed by atoms with van der Waals surface area (Å²) in [6, 6.07) is 3.25. The molecule has 2 N–H and O–H groups in total. The summed E-state index contributed by atoms with van der Waals surface area (Å²) in [4.78, 5) is 35.9. The zero-order valence-electron chi connectivity index (χ0n) is 12.1. The molecule has 1 fully saturated rings. The molecule has 2 rings (SSSR count). The lowest BCUT2D eigenvalue weighted by Crippen LogP contribution is -2.40. The van der Waals surface area contributed by atoms with Crippen LogP contribution in [0, 0.1) is 11.7 Å². The number of piperidine rings is 1. The third-order valence-corrected chi connectivity index (χ3v) is 3.78. The summed E-state index contributed by atoms with van der Waals surface area (Å²) in [5, 5.41) is 11.3. The normalized spacial score (nSPS) is 15.5. The minimum absolute atomic E-state index is 0.0286. The molecule has 1 aliphatic heterocycles. The Hall–Kier alpha value is -2.44. The van der Waals surface area contributed by atoms with Crippen molar-refractivity contribution in [3.05, 3.63) is 29.6 Å². The number of hydrogen-bond acceptors (Lipinski definition) is 3. The molecule has 0 bridgehead atoms. The number of nitrogens with one attached hydrogen (secondary N) is 1.